The monoisotopic (exact) mass is 284 g/mol. The van der Waals surface area contributed by atoms with E-state index in [2.05, 4.69) is 10.6 Å². The van der Waals surface area contributed by atoms with Gasteiger partial charge in [0.1, 0.15) is 0 Å². The molecule has 3 nitrogen and oxygen atoms in total. The first-order valence-electron chi connectivity index (χ1n) is 7.77. The quantitative estimate of drug-likeness (QED) is 0.591. The molecule has 0 atom stereocenters. The van der Waals surface area contributed by atoms with Crippen LogP contribution in [0.5, 0.6) is 0 Å². The minimum atomic E-state index is -0.0131. The standard InChI is InChI=1S/C15H25ClN2O/c16-2-1-3-17-14(19)18-10-15-7-11-4-12(8-15)6-13(5-11)9-15/h11-13H,1-10H2,(H2,17,18,19). The molecule has 0 heterocycles. The Hall–Kier alpha value is -0.440. The molecule has 0 spiro atoms. The number of nitrogens with one attached hydrogen (secondary N) is 2. The van der Waals surface area contributed by atoms with E-state index < -0.39 is 0 Å². The SMILES string of the molecule is O=C(NCCCCl)NCC12CC3CC(CC(C3)C1)C2. The first-order chi connectivity index (χ1) is 9.19. The van der Waals surface area contributed by atoms with Crippen LogP contribution in [-0.2, 0) is 0 Å². The van der Waals surface area contributed by atoms with Crippen LogP contribution in [0.1, 0.15) is 44.9 Å². The molecular formula is C15H25ClN2O. The van der Waals surface area contributed by atoms with Crippen LogP contribution in [0.4, 0.5) is 4.79 Å². The highest BCUT2D eigenvalue weighted by molar-refractivity contribution is 6.17. The molecule has 4 saturated carbocycles. The van der Waals surface area contributed by atoms with Gasteiger partial charge in [-0.05, 0) is 68.1 Å². The van der Waals surface area contributed by atoms with E-state index in [4.69, 9.17) is 11.6 Å². The van der Waals surface area contributed by atoms with Gasteiger partial charge in [0.25, 0.3) is 0 Å². The lowest BCUT2D eigenvalue weighted by Crippen LogP contribution is -2.52. The van der Waals surface area contributed by atoms with Gasteiger partial charge in [-0.2, -0.15) is 0 Å². The van der Waals surface area contributed by atoms with E-state index >= 15 is 0 Å². The summed E-state index contributed by atoms with van der Waals surface area (Å²) in [7, 11) is 0. The van der Waals surface area contributed by atoms with Crippen molar-refractivity contribution in [2.75, 3.05) is 19.0 Å². The summed E-state index contributed by atoms with van der Waals surface area (Å²) >= 11 is 5.60. The molecule has 19 heavy (non-hydrogen) atoms. The summed E-state index contributed by atoms with van der Waals surface area (Å²) in [4.78, 5) is 11.7. The predicted octanol–water partition coefficient (Wildman–Crippen LogP) is 3.13. The normalized spacial score (nSPS) is 39.3. The number of rotatable bonds is 5. The molecule has 0 saturated heterocycles. The van der Waals surface area contributed by atoms with Crippen molar-refractivity contribution in [1.29, 1.82) is 0 Å². The van der Waals surface area contributed by atoms with Crippen molar-refractivity contribution in [2.45, 2.75) is 44.9 Å². The first kappa shape index (κ1) is 13.5. The maximum atomic E-state index is 11.7. The van der Waals surface area contributed by atoms with Gasteiger partial charge in [-0.15, -0.1) is 11.6 Å². The van der Waals surface area contributed by atoms with Gasteiger partial charge in [-0.3, -0.25) is 0 Å². The Labute approximate surface area is 120 Å². The van der Waals surface area contributed by atoms with Crippen molar-refractivity contribution in [3.05, 3.63) is 0 Å². The fourth-order valence-electron chi connectivity index (χ4n) is 5.11. The molecule has 0 unspecified atom stereocenters. The average Bonchev–Trinajstić information content (AvgIpc) is 2.35. The number of hydrogen-bond donors (Lipinski definition) is 2. The lowest BCUT2D eigenvalue weighted by atomic mass is 9.49. The summed E-state index contributed by atoms with van der Waals surface area (Å²) < 4.78 is 0. The van der Waals surface area contributed by atoms with Crippen LogP contribution in [0, 0.1) is 23.2 Å². The number of hydrogen-bond acceptors (Lipinski definition) is 1. The van der Waals surface area contributed by atoms with Gasteiger partial charge >= 0.3 is 6.03 Å². The van der Waals surface area contributed by atoms with Gasteiger partial charge in [-0.25, -0.2) is 4.79 Å². The van der Waals surface area contributed by atoms with Crippen LogP contribution in [0.2, 0.25) is 0 Å². The van der Waals surface area contributed by atoms with Crippen molar-refractivity contribution in [3.63, 3.8) is 0 Å². The molecule has 4 aliphatic carbocycles. The van der Waals surface area contributed by atoms with Crippen molar-refractivity contribution >= 4 is 17.6 Å². The lowest BCUT2D eigenvalue weighted by molar-refractivity contribution is -0.0498. The Morgan fingerprint density at radius 1 is 1.05 bits per heavy atom. The molecule has 2 N–H and O–H groups in total. The summed E-state index contributed by atoms with van der Waals surface area (Å²) in [6.45, 7) is 1.55. The summed E-state index contributed by atoms with van der Waals surface area (Å²) in [5.74, 6) is 3.46. The summed E-state index contributed by atoms with van der Waals surface area (Å²) in [6.07, 6.45) is 9.26. The highest BCUT2D eigenvalue weighted by atomic mass is 35.5. The summed E-state index contributed by atoms with van der Waals surface area (Å²) in [6, 6.07) is -0.0131. The number of urea groups is 1. The fourth-order valence-corrected chi connectivity index (χ4v) is 5.24. The minimum absolute atomic E-state index is 0.0131. The molecule has 4 aliphatic rings. The van der Waals surface area contributed by atoms with Crippen LogP contribution >= 0.6 is 11.6 Å². The third-order valence-electron chi connectivity index (χ3n) is 5.38. The fraction of sp³-hybridized carbons (Fsp3) is 0.933. The Balaban J connectivity index is 1.48. The molecule has 0 aromatic heterocycles. The molecule has 0 aromatic carbocycles. The van der Waals surface area contributed by atoms with E-state index in [-0.39, 0.29) is 6.03 Å². The second kappa shape index (κ2) is 5.51. The minimum Gasteiger partial charge on any atom is -0.338 e. The number of halogens is 1. The average molecular weight is 285 g/mol. The van der Waals surface area contributed by atoms with Gasteiger partial charge in [0.05, 0.1) is 0 Å². The maximum Gasteiger partial charge on any atom is 0.314 e. The van der Waals surface area contributed by atoms with Crippen molar-refractivity contribution in [2.24, 2.45) is 23.2 Å². The van der Waals surface area contributed by atoms with Crippen molar-refractivity contribution in [3.8, 4) is 0 Å². The van der Waals surface area contributed by atoms with Gasteiger partial charge < -0.3 is 10.6 Å². The smallest absolute Gasteiger partial charge is 0.314 e. The number of alkyl halides is 1. The van der Waals surface area contributed by atoms with Crippen LogP contribution in [0.25, 0.3) is 0 Å². The number of amides is 2. The van der Waals surface area contributed by atoms with Gasteiger partial charge in [0.15, 0.2) is 0 Å². The van der Waals surface area contributed by atoms with E-state index in [1.54, 1.807) is 0 Å². The van der Waals surface area contributed by atoms with E-state index in [0.29, 0.717) is 17.8 Å². The molecule has 0 aromatic rings. The number of carbonyl (C=O) groups excluding carboxylic acids is 1. The highest BCUT2D eigenvalue weighted by Gasteiger charge is 2.50. The molecule has 2 amide bonds. The Morgan fingerprint density at radius 3 is 2.16 bits per heavy atom. The van der Waals surface area contributed by atoms with E-state index in [9.17, 15) is 4.79 Å². The predicted molar refractivity (Wildman–Crippen MR) is 77.3 cm³/mol. The third-order valence-corrected chi connectivity index (χ3v) is 5.65. The second-order valence-corrected chi connectivity index (χ2v) is 7.45. The Bertz CT molecular complexity index is 310. The Morgan fingerprint density at radius 2 is 1.63 bits per heavy atom. The van der Waals surface area contributed by atoms with Crippen LogP contribution in [0.3, 0.4) is 0 Å². The molecule has 108 valence electrons. The maximum absolute atomic E-state index is 11.7. The zero-order chi connectivity index (χ0) is 13.3. The Kier molecular flexibility index (Phi) is 3.93. The van der Waals surface area contributed by atoms with Crippen LogP contribution in [-0.4, -0.2) is 25.0 Å². The zero-order valence-electron chi connectivity index (χ0n) is 11.6. The van der Waals surface area contributed by atoms with E-state index in [1.165, 1.54) is 38.5 Å². The first-order valence-corrected chi connectivity index (χ1v) is 8.30. The van der Waals surface area contributed by atoms with Crippen LogP contribution < -0.4 is 10.6 Å². The van der Waals surface area contributed by atoms with Gasteiger partial charge in [-0.1, -0.05) is 0 Å². The second-order valence-electron chi connectivity index (χ2n) is 7.07. The molecule has 4 fully saturated rings. The number of carbonyl (C=O) groups is 1. The third kappa shape index (κ3) is 3.01. The lowest BCUT2D eigenvalue weighted by Gasteiger charge is -2.56. The zero-order valence-corrected chi connectivity index (χ0v) is 12.3. The molecule has 0 radical (unpaired) electrons. The highest BCUT2D eigenvalue weighted by Crippen LogP contribution is 2.59. The van der Waals surface area contributed by atoms with Gasteiger partial charge in [0.2, 0.25) is 0 Å². The van der Waals surface area contributed by atoms with Crippen molar-refractivity contribution < 1.29 is 4.79 Å². The summed E-state index contributed by atoms with van der Waals surface area (Å²) in [5.41, 5.74) is 0.429. The molecule has 4 bridgehead atoms. The van der Waals surface area contributed by atoms with E-state index in [0.717, 1.165) is 30.7 Å². The molecule has 0 aliphatic heterocycles. The molecule has 4 heteroatoms. The topological polar surface area (TPSA) is 41.1 Å². The molecule has 4 rings (SSSR count). The van der Waals surface area contributed by atoms with Gasteiger partial charge in [0, 0.05) is 19.0 Å². The molecular weight excluding hydrogens is 260 g/mol. The van der Waals surface area contributed by atoms with Crippen LogP contribution in [0.15, 0.2) is 0 Å². The summed E-state index contributed by atoms with van der Waals surface area (Å²) in [5, 5.41) is 5.99. The van der Waals surface area contributed by atoms with E-state index in [1.807, 2.05) is 0 Å². The van der Waals surface area contributed by atoms with Crippen molar-refractivity contribution in [1.82, 2.24) is 10.6 Å². The largest absolute Gasteiger partial charge is 0.338 e.